The minimum atomic E-state index is -0.669. The van der Waals surface area contributed by atoms with Crippen LogP contribution in [0, 0.1) is 0 Å². The Labute approximate surface area is 95.0 Å². The summed E-state index contributed by atoms with van der Waals surface area (Å²) in [5.41, 5.74) is 1.96. The molecule has 86 valence electrons. The van der Waals surface area contributed by atoms with Crippen LogP contribution in [-0.4, -0.2) is 17.2 Å². The first-order chi connectivity index (χ1) is 7.72. The molecule has 1 aliphatic rings. The van der Waals surface area contributed by atoms with Crippen LogP contribution < -0.4 is 0 Å². The first kappa shape index (κ1) is 11.1. The second kappa shape index (κ2) is 4.66. The molecule has 0 bridgehead atoms. The molecule has 2 rings (SSSR count). The lowest BCUT2D eigenvalue weighted by Gasteiger charge is -2.15. The van der Waals surface area contributed by atoms with E-state index in [9.17, 15) is 9.90 Å². The van der Waals surface area contributed by atoms with E-state index >= 15 is 0 Å². The minimum Gasteiger partial charge on any atom is -0.459 e. The van der Waals surface area contributed by atoms with E-state index in [0.29, 0.717) is 12.8 Å². The number of rotatable bonds is 3. The van der Waals surface area contributed by atoms with E-state index in [4.69, 9.17) is 4.74 Å². The van der Waals surface area contributed by atoms with Gasteiger partial charge < -0.3 is 9.84 Å². The van der Waals surface area contributed by atoms with Crippen LogP contribution in [0.2, 0.25) is 0 Å². The Morgan fingerprint density at radius 1 is 1.50 bits per heavy atom. The summed E-state index contributed by atoms with van der Waals surface area (Å²) in [5, 5.41) is 9.98. The van der Waals surface area contributed by atoms with Crippen LogP contribution in [0.3, 0.4) is 0 Å². The summed E-state index contributed by atoms with van der Waals surface area (Å²) in [6.45, 7) is 1.93. The van der Waals surface area contributed by atoms with Gasteiger partial charge in [-0.2, -0.15) is 0 Å². The van der Waals surface area contributed by atoms with Crippen LogP contribution >= 0.6 is 0 Å². The van der Waals surface area contributed by atoms with Gasteiger partial charge in [-0.3, -0.25) is 4.79 Å². The predicted molar refractivity (Wildman–Crippen MR) is 59.9 cm³/mol. The van der Waals surface area contributed by atoms with Crippen molar-refractivity contribution in [3.8, 4) is 0 Å². The van der Waals surface area contributed by atoms with Crippen LogP contribution in [0.4, 0.5) is 0 Å². The molecule has 1 aromatic rings. The number of aliphatic hydroxyl groups excluding tert-OH is 1. The van der Waals surface area contributed by atoms with E-state index in [-0.39, 0.29) is 5.97 Å². The van der Waals surface area contributed by atoms with Gasteiger partial charge in [0.2, 0.25) is 0 Å². The Morgan fingerprint density at radius 3 is 2.94 bits per heavy atom. The lowest BCUT2D eigenvalue weighted by Crippen LogP contribution is -2.22. The van der Waals surface area contributed by atoms with Gasteiger partial charge in [0.25, 0.3) is 0 Å². The number of hydrogen-bond acceptors (Lipinski definition) is 3. The largest absolute Gasteiger partial charge is 0.459 e. The fourth-order valence-electron chi connectivity index (χ4n) is 2.08. The molecule has 0 aromatic heterocycles. The Bertz CT molecular complexity index is 387. The summed E-state index contributed by atoms with van der Waals surface area (Å²) in [5.74, 6) is -0.223. The number of fused-ring (bicyclic) bond motifs is 1. The zero-order valence-electron chi connectivity index (χ0n) is 9.35. The quantitative estimate of drug-likeness (QED) is 0.792. The van der Waals surface area contributed by atoms with Gasteiger partial charge in [-0.05, 0) is 17.5 Å². The van der Waals surface area contributed by atoms with Gasteiger partial charge in [0.1, 0.15) is 12.2 Å². The number of carbonyl (C=O) groups is 1. The molecule has 0 aliphatic heterocycles. The summed E-state index contributed by atoms with van der Waals surface area (Å²) >= 11 is 0. The molecule has 2 atom stereocenters. The molecule has 3 nitrogen and oxygen atoms in total. The van der Waals surface area contributed by atoms with Gasteiger partial charge >= 0.3 is 5.97 Å². The van der Waals surface area contributed by atoms with E-state index in [1.54, 1.807) is 0 Å². The van der Waals surface area contributed by atoms with Crippen LogP contribution in [0.15, 0.2) is 24.3 Å². The van der Waals surface area contributed by atoms with Crippen molar-refractivity contribution in [1.29, 1.82) is 0 Å². The molecule has 0 spiro atoms. The summed E-state index contributed by atoms with van der Waals surface area (Å²) in [6, 6.07) is 7.67. The molecule has 0 saturated heterocycles. The van der Waals surface area contributed by atoms with Crippen molar-refractivity contribution in [2.24, 2.45) is 0 Å². The Hall–Kier alpha value is -1.35. The van der Waals surface area contributed by atoms with Crippen molar-refractivity contribution in [1.82, 2.24) is 0 Å². The van der Waals surface area contributed by atoms with Gasteiger partial charge in [-0.25, -0.2) is 0 Å². The maximum atomic E-state index is 11.4. The first-order valence-electron chi connectivity index (χ1n) is 5.67. The smallest absolute Gasteiger partial charge is 0.306 e. The van der Waals surface area contributed by atoms with E-state index in [0.717, 1.165) is 17.5 Å². The molecule has 3 heteroatoms. The van der Waals surface area contributed by atoms with Crippen molar-refractivity contribution in [2.75, 3.05) is 0 Å². The Balaban J connectivity index is 2.04. The van der Waals surface area contributed by atoms with Gasteiger partial charge in [-0.1, -0.05) is 31.2 Å². The predicted octanol–water partition coefficient (Wildman–Crippen LogP) is 1.99. The number of aliphatic hydroxyl groups is 1. The molecule has 0 fully saturated rings. The zero-order chi connectivity index (χ0) is 11.5. The summed E-state index contributed by atoms with van der Waals surface area (Å²) in [6.07, 6.45) is 0.731. The highest BCUT2D eigenvalue weighted by Gasteiger charge is 2.33. The second-order valence-corrected chi connectivity index (χ2v) is 4.13. The number of hydrogen-bond donors (Lipinski definition) is 1. The molecule has 1 N–H and O–H groups in total. The third-order valence-electron chi connectivity index (χ3n) is 2.88. The van der Waals surface area contributed by atoms with Gasteiger partial charge in [0.05, 0.1) is 0 Å². The Kier molecular flexibility index (Phi) is 3.25. The van der Waals surface area contributed by atoms with Crippen molar-refractivity contribution in [2.45, 2.75) is 38.4 Å². The molecule has 0 saturated carbocycles. The number of esters is 1. The average Bonchev–Trinajstić information content (AvgIpc) is 2.57. The lowest BCUT2D eigenvalue weighted by molar-refractivity contribution is -0.154. The molecule has 16 heavy (non-hydrogen) atoms. The fourth-order valence-corrected chi connectivity index (χ4v) is 2.08. The maximum Gasteiger partial charge on any atom is 0.306 e. The van der Waals surface area contributed by atoms with Gasteiger partial charge in [-0.15, -0.1) is 0 Å². The highest BCUT2D eigenvalue weighted by Crippen LogP contribution is 2.33. The third-order valence-corrected chi connectivity index (χ3v) is 2.88. The van der Waals surface area contributed by atoms with E-state index in [2.05, 4.69) is 0 Å². The number of benzene rings is 1. The highest BCUT2D eigenvalue weighted by molar-refractivity contribution is 5.69. The van der Waals surface area contributed by atoms with E-state index < -0.39 is 12.2 Å². The first-order valence-corrected chi connectivity index (χ1v) is 5.67. The molecular weight excluding hydrogens is 204 g/mol. The van der Waals surface area contributed by atoms with E-state index in [1.165, 1.54) is 0 Å². The topological polar surface area (TPSA) is 46.5 Å². The Morgan fingerprint density at radius 2 is 2.25 bits per heavy atom. The van der Waals surface area contributed by atoms with Crippen LogP contribution in [0.25, 0.3) is 0 Å². The summed E-state index contributed by atoms with van der Waals surface area (Å²) < 4.78 is 5.26. The molecule has 0 radical (unpaired) electrons. The van der Waals surface area contributed by atoms with Gasteiger partial charge in [0.15, 0.2) is 0 Å². The monoisotopic (exact) mass is 220 g/mol. The second-order valence-electron chi connectivity index (χ2n) is 4.13. The van der Waals surface area contributed by atoms with Crippen molar-refractivity contribution in [3.63, 3.8) is 0 Å². The van der Waals surface area contributed by atoms with Crippen LogP contribution in [0.1, 0.15) is 37.0 Å². The van der Waals surface area contributed by atoms with Crippen LogP contribution in [-0.2, 0) is 16.0 Å². The summed E-state index contributed by atoms with van der Waals surface area (Å²) in [4.78, 5) is 11.4. The zero-order valence-corrected chi connectivity index (χ0v) is 9.35. The maximum absolute atomic E-state index is 11.4. The number of carbonyl (C=O) groups excluding carboxylic acids is 1. The number of ether oxygens (including phenoxy) is 1. The molecule has 1 aromatic carbocycles. The van der Waals surface area contributed by atoms with Crippen molar-refractivity contribution in [3.05, 3.63) is 35.4 Å². The molecule has 0 unspecified atom stereocenters. The van der Waals surface area contributed by atoms with Gasteiger partial charge in [0, 0.05) is 12.8 Å². The molecule has 0 heterocycles. The standard InChI is InChI=1S/C13H16O3/c1-2-5-12(14)16-11-8-9-6-3-4-7-10(9)13(11)15/h3-4,6-7,11,13,15H,2,5,8H2,1H3/t11-,13+/m0/s1. The van der Waals surface area contributed by atoms with Crippen molar-refractivity contribution >= 4 is 5.97 Å². The minimum absolute atomic E-state index is 0.223. The lowest BCUT2D eigenvalue weighted by atomic mass is 10.1. The summed E-state index contributed by atoms with van der Waals surface area (Å²) in [7, 11) is 0. The van der Waals surface area contributed by atoms with E-state index in [1.807, 2.05) is 31.2 Å². The highest BCUT2D eigenvalue weighted by atomic mass is 16.6. The molecule has 1 aliphatic carbocycles. The van der Waals surface area contributed by atoms with Crippen molar-refractivity contribution < 1.29 is 14.6 Å². The van der Waals surface area contributed by atoms with Crippen LogP contribution in [0.5, 0.6) is 0 Å². The molecule has 0 amide bonds. The third kappa shape index (κ3) is 2.09. The SMILES string of the molecule is CCCC(=O)O[C@H]1Cc2ccccc2[C@H]1O. The normalized spacial score (nSPS) is 22.9. The fraction of sp³-hybridized carbons (Fsp3) is 0.462. The average molecular weight is 220 g/mol. The molecular formula is C13H16O3.